The van der Waals surface area contributed by atoms with Crippen LogP contribution in [0.4, 0.5) is 5.82 Å². The van der Waals surface area contributed by atoms with E-state index in [4.69, 9.17) is 4.74 Å². The first-order chi connectivity index (χ1) is 15.5. The summed E-state index contributed by atoms with van der Waals surface area (Å²) in [6.07, 6.45) is 8.18. The summed E-state index contributed by atoms with van der Waals surface area (Å²) in [4.78, 5) is 10.8. The molecule has 2 aliphatic rings. The van der Waals surface area contributed by atoms with Crippen molar-refractivity contribution in [1.29, 1.82) is 0 Å². The van der Waals surface area contributed by atoms with Crippen LogP contribution >= 0.6 is 0 Å². The summed E-state index contributed by atoms with van der Waals surface area (Å²) in [7, 11) is -3.16. The van der Waals surface area contributed by atoms with Crippen LogP contribution in [-0.4, -0.2) is 42.0 Å². The van der Waals surface area contributed by atoms with Gasteiger partial charge in [-0.15, -0.1) is 0 Å². The van der Waals surface area contributed by atoms with E-state index in [1.165, 1.54) is 21.7 Å². The van der Waals surface area contributed by atoms with Gasteiger partial charge in [-0.2, -0.15) is 4.31 Å². The zero-order valence-electron chi connectivity index (χ0n) is 18.1. The van der Waals surface area contributed by atoms with Crippen LogP contribution in [-0.2, 0) is 42.6 Å². The van der Waals surface area contributed by atoms with E-state index in [0.29, 0.717) is 26.1 Å². The average Bonchev–Trinajstić information content (AvgIpc) is 2.82. The second-order valence-corrected chi connectivity index (χ2v) is 10.4. The van der Waals surface area contributed by atoms with Gasteiger partial charge in [0.1, 0.15) is 18.2 Å². The molecule has 2 aliphatic heterocycles. The molecule has 0 saturated carbocycles. The summed E-state index contributed by atoms with van der Waals surface area (Å²) < 4.78 is 31.2. The molecule has 0 radical (unpaired) electrons. The van der Waals surface area contributed by atoms with Crippen molar-refractivity contribution in [3.8, 4) is 5.75 Å². The molecule has 2 aromatic carbocycles. The van der Waals surface area contributed by atoms with E-state index in [9.17, 15) is 8.42 Å². The lowest BCUT2D eigenvalue weighted by Crippen LogP contribution is -2.35. The minimum atomic E-state index is -3.16. The molecular weight excluding hydrogens is 424 g/mol. The van der Waals surface area contributed by atoms with Crippen LogP contribution in [0.3, 0.4) is 0 Å². The van der Waals surface area contributed by atoms with Gasteiger partial charge >= 0.3 is 0 Å². The minimum Gasteiger partial charge on any atom is -0.489 e. The molecule has 0 atom stereocenters. The lowest BCUT2D eigenvalue weighted by molar-refractivity contribution is 0.304. The van der Waals surface area contributed by atoms with E-state index < -0.39 is 10.0 Å². The van der Waals surface area contributed by atoms with Crippen molar-refractivity contribution in [3.05, 3.63) is 82.8 Å². The molecule has 0 aliphatic carbocycles. The van der Waals surface area contributed by atoms with Gasteiger partial charge < -0.3 is 9.64 Å². The molecule has 0 bridgehead atoms. The predicted octanol–water partition coefficient (Wildman–Crippen LogP) is 2.94. The van der Waals surface area contributed by atoms with Gasteiger partial charge in [-0.1, -0.05) is 24.3 Å². The van der Waals surface area contributed by atoms with Crippen molar-refractivity contribution in [2.45, 2.75) is 32.5 Å². The Hall–Kier alpha value is -2.97. The molecule has 32 heavy (non-hydrogen) atoms. The van der Waals surface area contributed by atoms with E-state index in [2.05, 4.69) is 33.1 Å². The second-order valence-electron chi connectivity index (χ2n) is 8.40. The Morgan fingerprint density at radius 3 is 2.53 bits per heavy atom. The molecule has 0 unspecified atom stereocenters. The zero-order valence-corrected chi connectivity index (χ0v) is 18.9. The van der Waals surface area contributed by atoms with E-state index in [1.807, 2.05) is 24.4 Å². The summed E-state index contributed by atoms with van der Waals surface area (Å²) >= 11 is 0. The number of anilines is 1. The number of nitrogens with zero attached hydrogens (tertiary/aromatic N) is 4. The summed E-state index contributed by atoms with van der Waals surface area (Å²) in [6.45, 7) is 3.22. The molecule has 166 valence electrons. The van der Waals surface area contributed by atoms with Crippen molar-refractivity contribution in [2.75, 3.05) is 24.2 Å². The fraction of sp³-hybridized carbons (Fsp3) is 0.333. The highest BCUT2D eigenvalue weighted by Gasteiger charge is 2.23. The molecule has 0 fully saturated rings. The SMILES string of the molecule is CS(=O)(=O)N1CCc2cc(OCc3ccc4c(c3)CCN(c3cnccn3)C4)ccc2C1. The van der Waals surface area contributed by atoms with Crippen molar-refractivity contribution >= 4 is 15.8 Å². The summed E-state index contributed by atoms with van der Waals surface area (Å²) in [5.41, 5.74) is 6.04. The number of ether oxygens (including phenoxy) is 1. The number of rotatable bonds is 5. The summed E-state index contributed by atoms with van der Waals surface area (Å²) in [6, 6.07) is 12.5. The maximum atomic E-state index is 11.8. The standard InChI is InChI=1S/C24H26N4O3S/c1-32(29,30)28-11-7-20-13-23(5-4-22(20)16-28)31-17-18-2-3-21-15-27(10-6-19(21)12-18)24-14-25-8-9-26-24/h2-5,8-9,12-14H,6-7,10-11,15-17H2,1H3. The van der Waals surface area contributed by atoms with Crippen molar-refractivity contribution in [3.63, 3.8) is 0 Å². The number of hydrogen-bond acceptors (Lipinski definition) is 6. The van der Waals surface area contributed by atoms with Crippen LogP contribution in [0.5, 0.6) is 5.75 Å². The van der Waals surface area contributed by atoms with Gasteiger partial charge in [-0.05, 0) is 52.8 Å². The molecule has 3 aromatic rings. The van der Waals surface area contributed by atoms with Crippen molar-refractivity contribution in [2.24, 2.45) is 0 Å². The zero-order chi connectivity index (χ0) is 22.1. The van der Waals surface area contributed by atoms with E-state index in [1.54, 1.807) is 12.4 Å². The normalized spacial score (nSPS) is 16.3. The van der Waals surface area contributed by atoms with Gasteiger partial charge in [-0.25, -0.2) is 13.4 Å². The van der Waals surface area contributed by atoms with Crippen LogP contribution in [0.2, 0.25) is 0 Å². The van der Waals surface area contributed by atoms with Gasteiger partial charge in [0.05, 0.1) is 12.5 Å². The second kappa shape index (κ2) is 8.52. The lowest BCUT2D eigenvalue weighted by Gasteiger charge is -2.29. The third kappa shape index (κ3) is 4.47. The number of fused-ring (bicyclic) bond motifs is 2. The number of benzene rings is 2. The predicted molar refractivity (Wildman–Crippen MR) is 123 cm³/mol. The molecule has 5 rings (SSSR count). The number of aromatic nitrogens is 2. The van der Waals surface area contributed by atoms with Gasteiger partial charge in [-0.3, -0.25) is 4.98 Å². The summed E-state index contributed by atoms with van der Waals surface area (Å²) in [5, 5.41) is 0. The van der Waals surface area contributed by atoms with Gasteiger partial charge in [0.25, 0.3) is 0 Å². The van der Waals surface area contributed by atoms with E-state index >= 15 is 0 Å². The number of sulfonamides is 1. The largest absolute Gasteiger partial charge is 0.489 e. The molecule has 7 nitrogen and oxygen atoms in total. The highest BCUT2D eigenvalue weighted by atomic mass is 32.2. The fourth-order valence-corrected chi connectivity index (χ4v) is 5.19. The average molecular weight is 451 g/mol. The molecule has 3 heterocycles. The fourth-order valence-electron chi connectivity index (χ4n) is 4.39. The maximum absolute atomic E-state index is 11.8. The molecule has 0 saturated heterocycles. The van der Waals surface area contributed by atoms with E-state index in [-0.39, 0.29) is 0 Å². The maximum Gasteiger partial charge on any atom is 0.211 e. The Bertz CT molecular complexity index is 1230. The first kappa shape index (κ1) is 20.9. The van der Waals surface area contributed by atoms with Crippen LogP contribution < -0.4 is 9.64 Å². The Labute approximate surface area is 188 Å². The van der Waals surface area contributed by atoms with Crippen LogP contribution in [0, 0.1) is 0 Å². The third-order valence-electron chi connectivity index (χ3n) is 6.19. The minimum absolute atomic E-state index is 0.435. The Kier molecular flexibility index (Phi) is 5.57. The third-order valence-corrected chi connectivity index (χ3v) is 7.44. The Balaban J connectivity index is 1.23. The van der Waals surface area contributed by atoms with Crippen LogP contribution in [0.15, 0.2) is 55.0 Å². The first-order valence-corrected chi connectivity index (χ1v) is 12.6. The smallest absolute Gasteiger partial charge is 0.211 e. The first-order valence-electron chi connectivity index (χ1n) is 10.8. The van der Waals surface area contributed by atoms with E-state index in [0.717, 1.165) is 47.8 Å². The quantitative estimate of drug-likeness (QED) is 0.595. The Morgan fingerprint density at radius 2 is 1.72 bits per heavy atom. The lowest BCUT2D eigenvalue weighted by atomic mass is 9.97. The molecule has 1 aromatic heterocycles. The molecule has 0 amide bonds. The molecular formula is C24H26N4O3S. The molecule has 8 heteroatoms. The molecule has 0 N–H and O–H groups in total. The highest BCUT2D eigenvalue weighted by Crippen LogP contribution is 2.27. The Morgan fingerprint density at radius 1 is 0.938 bits per heavy atom. The van der Waals surface area contributed by atoms with Crippen LogP contribution in [0.1, 0.15) is 27.8 Å². The summed E-state index contributed by atoms with van der Waals surface area (Å²) in [5.74, 6) is 1.74. The topological polar surface area (TPSA) is 75.6 Å². The monoisotopic (exact) mass is 450 g/mol. The highest BCUT2D eigenvalue weighted by molar-refractivity contribution is 7.88. The van der Waals surface area contributed by atoms with Gasteiger partial charge in [0.15, 0.2) is 0 Å². The van der Waals surface area contributed by atoms with Gasteiger partial charge in [0, 0.05) is 38.6 Å². The van der Waals surface area contributed by atoms with Gasteiger partial charge in [0.2, 0.25) is 10.0 Å². The molecule has 0 spiro atoms. The van der Waals surface area contributed by atoms with Crippen LogP contribution in [0.25, 0.3) is 0 Å². The number of hydrogen-bond donors (Lipinski definition) is 0. The van der Waals surface area contributed by atoms with Crippen molar-refractivity contribution < 1.29 is 13.2 Å². The van der Waals surface area contributed by atoms with Crippen molar-refractivity contribution in [1.82, 2.24) is 14.3 Å².